The summed E-state index contributed by atoms with van der Waals surface area (Å²) in [5.74, 6) is 1.04. The molecule has 6 heteroatoms. The van der Waals surface area contributed by atoms with E-state index in [-0.39, 0.29) is 12.1 Å². The smallest absolute Gasteiger partial charge is 0.175 e. The lowest BCUT2D eigenvalue weighted by atomic mass is 9.95. The van der Waals surface area contributed by atoms with E-state index >= 15 is 0 Å². The molecule has 146 valence electrons. The van der Waals surface area contributed by atoms with Gasteiger partial charge in [0.15, 0.2) is 9.84 Å². The lowest BCUT2D eigenvalue weighted by Crippen LogP contribution is -2.32. The van der Waals surface area contributed by atoms with E-state index in [0.29, 0.717) is 4.90 Å². The Kier molecular flexibility index (Phi) is 5.08. The van der Waals surface area contributed by atoms with Crippen LogP contribution in [-0.4, -0.2) is 24.2 Å². The highest BCUT2D eigenvalue weighted by Gasteiger charge is 2.26. The Morgan fingerprint density at radius 2 is 1.93 bits per heavy atom. The van der Waals surface area contributed by atoms with Gasteiger partial charge >= 0.3 is 0 Å². The molecule has 28 heavy (non-hydrogen) atoms. The number of nitrogens with one attached hydrogen (secondary N) is 1. The largest absolute Gasteiger partial charge is 0.334 e. The number of imidazole rings is 1. The second kappa shape index (κ2) is 7.53. The Morgan fingerprint density at radius 1 is 1.14 bits per heavy atom. The second-order valence-corrected chi connectivity index (χ2v) is 9.54. The van der Waals surface area contributed by atoms with Crippen LogP contribution < -0.4 is 5.32 Å². The minimum atomic E-state index is -3.26. The van der Waals surface area contributed by atoms with Crippen molar-refractivity contribution in [1.29, 1.82) is 0 Å². The molecule has 1 N–H and O–H groups in total. The van der Waals surface area contributed by atoms with Crippen LogP contribution in [0.2, 0.25) is 0 Å². The maximum absolute atomic E-state index is 12.1. The average molecular weight is 396 g/mol. The van der Waals surface area contributed by atoms with E-state index in [1.54, 1.807) is 12.1 Å². The summed E-state index contributed by atoms with van der Waals surface area (Å²) < 4.78 is 26.3. The number of rotatable bonds is 5. The van der Waals surface area contributed by atoms with Crippen molar-refractivity contribution in [2.24, 2.45) is 0 Å². The van der Waals surface area contributed by atoms with Crippen molar-refractivity contribution in [2.45, 2.75) is 43.3 Å². The van der Waals surface area contributed by atoms with Crippen LogP contribution in [0.4, 0.5) is 0 Å². The van der Waals surface area contributed by atoms with Crippen LogP contribution in [0.1, 0.15) is 47.4 Å². The molecular formula is C22H25N3O2S. The molecule has 4 rings (SSSR count). The number of benzene rings is 2. The summed E-state index contributed by atoms with van der Waals surface area (Å²) in [4.78, 5) is 4.90. The van der Waals surface area contributed by atoms with Crippen molar-refractivity contribution >= 4 is 9.84 Å². The van der Waals surface area contributed by atoms with Crippen LogP contribution in [-0.2, 0) is 16.4 Å². The molecule has 1 aliphatic rings. The van der Waals surface area contributed by atoms with E-state index in [1.165, 1.54) is 11.8 Å². The minimum absolute atomic E-state index is 0.115. The first kappa shape index (κ1) is 18.9. The third kappa shape index (κ3) is 3.88. The highest BCUT2D eigenvalue weighted by atomic mass is 32.2. The third-order valence-electron chi connectivity index (χ3n) is 5.35. The van der Waals surface area contributed by atoms with Gasteiger partial charge in [0.25, 0.3) is 0 Å². The SMILES string of the molecule is Cc1ccc(C(NC2CCCn3ccnc32)c2cccc(S(C)(=O)=O)c2)cc1. The molecule has 0 spiro atoms. The van der Waals surface area contributed by atoms with E-state index < -0.39 is 9.84 Å². The van der Waals surface area contributed by atoms with Gasteiger partial charge in [0.1, 0.15) is 5.82 Å². The van der Waals surface area contributed by atoms with Crippen LogP contribution in [0, 0.1) is 6.92 Å². The normalized spacial score (nSPS) is 17.9. The summed E-state index contributed by atoms with van der Waals surface area (Å²) in [7, 11) is -3.26. The Bertz CT molecular complexity index is 1070. The fourth-order valence-corrected chi connectivity index (χ4v) is 4.52. The number of hydrogen-bond acceptors (Lipinski definition) is 4. The van der Waals surface area contributed by atoms with Crippen molar-refractivity contribution in [3.8, 4) is 0 Å². The van der Waals surface area contributed by atoms with Gasteiger partial charge in [-0.15, -0.1) is 0 Å². The van der Waals surface area contributed by atoms with Crippen LogP contribution >= 0.6 is 0 Å². The van der Waals surface area contributed by atoms with Gasteiger partial charge in [-0.3, -0.25) is 5.32 Å². The summed E-state index contributed by atoms with van der Waals surface area (Å²) in [5, 5.41) is 3.75. The van der Waals surface area contributed by atoms with Crippen molar-refractivity contribution < 1.29 is 8.42 Å². The zero-order valence-corrected chi connectivity index (χ0v) is 17.0. The average Bonchev–Trinajstić information content (AvgIpc) is 3.16. The van der Waals surface area contributed by atoms with E-state index in [1.807, 2.05) is 24.5 Å². The molecule has 0 saturated heterocycles. The van der Waals surface area contributed by atoms with Crippen molar-refractivity contribution in [2.75, 3.05) is 6.26 Å². The molecule has 0 amide bonds. The summed E-state index contributed by atoms with van der Waals surface area (Å²) >= 11 is 0. The Balaban J connectivity index is 1.75. The highest BCUT2D eigenvalue weighted by Crippen LogP contribution is 2.31. The number of fused-ring (bicyclic) bond motifs is 1. The quantitative estimate of drug-likeness (QED) is 0.714. The molecule has 0 bridgehead atoms. The number of sulfone groups is 1. The minimum Gasteiger partial charge on any atom is -0.334 e. The molecule has 0 radical (unpaired) electrons. The monoisotopic (exact) mass is 395 g/mol. The lowest BCUT2D eigenvalue weighted by molar-refractivity contribution is 0.366. The fraction of sp³-hybridized carbons (Fsp3) is 0.318. The van der Waals surface area contributed by atoms with E-state index in [0.717, 1.165) is 36.3 Å². The Labute approximate surface area is 166 Å². The summed E-state index contributed by atoms with van der Waals surface area (Å²) in [5.41, 5.74) is 3.25. The predicted molar refractivity (Wildman–Crippen MR) is 110 cm³/mol. The molecule has 2 atom stereocenters. The van der Waals surface area contributed by atoms with Gasteiger partial charge in [0.2, 0.25) is 0 Å². The number of nitrogens with zero attached hydrogens (tertiary/aromatic N) is 2. The zero-order valence-electron chi connectivity index (χ0n) is 16.2. The van der Waals surface area contributed by atoms with Crippen LogP contribution in [0.5, 0.6) is 0 Å². The first-order valence-electron chi connectivity index (χ1n) is 9.55. The van der Waals surface area contributed by atoms with Crippen LogP contribution in [0.3, 0.4) is 0 Å². The standard InChI is InChI=1S/C22H25N3O2S/c1-16-8-10-17(11-9-16)21(18-5-3-6-19(15-18)28(2,26)27)24-20-7-4-13-25-14-12-23-22(20)25/h3,5-6,8-12,14-15,20-21,24H,4,7,13H2,1-2H3. The molecule has 0 aliphatic carbocycles. The second-order valence-electron chi connectivity index (χ2n) is 7.53. The van der Waals surface area contributed by atoms with E-state index in [9.17, 15) is 8.42 Å². The maximum Gasteiger partial charge on any atom is 0.175 e. The lowest BCUT2D eigenvalue weighted by Gasteiger charge is -2.30. The van der Waals surface area contributed by atoms with Gasteiger partial charge < -0.3 is 4.57 Å². The number of aromatic nitrogens is 2. The fourth-order valence-electron chi connectivity index (χ4n) is 3.84. The van der Waals surface area contributed by atoms with Crippen LogP contribution in [0.15, 0.2) is 65.8 Å². The molecule has 0 fully saturated rings. The van der Waals surface area contributed by atoms with Gasteiger partial charge in [-0.25, -0.2) is 13.4 Å². The number of hydrogen-bond donors (Lipinski definition) is 1. The van der Waals surface area contributed by atoms with E-state index in [2.05, 4.69) is 46.1 Å². The molecule has 3 aromatic rings. The summed E-state index contributed by atoms with van der Waals surface area (Å²) in [6, 6.07) is 15.6. The zero-order chi connectivity index (χ0) is 19.7. The number of aryl methyl sites for hydroxylation is 2. The van der Waals surface area contributed by atoms with E-state index in [4.69, 9.17) is 0 Å². The molecule has 2 unspecified atom stereocenters. The van der Waals surface area contributed by atoms with Gasteiger partial charge in [-0.2, -0.15) is 0 Å². The van der Waals surface area contributed by atoms with Gasteiger partial charge in [-0.05, 0) is 43.0 Å². The Morgan fingerprint density at radius 3 is 2.68 bits per heavy atom. The van der Waals surface area contributed by atoms with Crippen LogP contribution in [0.25, 0.3) is 0 Å². The molecule has 2 heterocycles. The van der Waals surface area contributed by atoms with Gasteiger partial charge in [-0.1, -0.05) is 42.0 Å². The molecule has 0 saturated carbocycles. The predicted octanol–water partition coefficient (Wildman–Crippen LogP) is 3.81. The molecular weight excluding hydrogens is 370 g/mol. The molecule has 2 aromatic carbocycles. The highest BCUT2D eigenvalue weighted by molar-refractivity contribution is 7.90. The third-order valence-corrected chi connectivity index (χ3v) is 6.46. The summed E-state index contributed by atoms with van der Waals surface area (Å²) in [6.45, 7) is 3.06. The first-order valence-corrected chi connectivity index (χ1v) is 11.4. The molecule has 1 aromatic heterocycles. The van der Waals surface area contributed by atoms with Gasteiger partial charge in [0, 0.05) is 25.2 Å². The topological polar surface area (TPSA) is 64.0 Å². The van der Waals surface area contributed by atoms with Gasteiger partial charge in [0.05, 0.1) is 17.0 Å². The molecule has 1 aliphatic heterocycles. The maximum atomic E-state index is 12.1. The Hall–Kier alpha value is -2.44. The molecule has 5 nitrogen and oxygen atoms in total. The summed E-state index contributed by atoms with van der Waals surface area (Å²) in [6.07, 6.45) is 7.21. The first-order chi connectivity index (χ1) is 13.4. The van der Waals surface area contributed by atoms with Crippen molar-refractivity contribution in [1.82, 2.24) is 14.9 Å². The van der Waals surface area contributed by atoms with Crippen molar-refractivity contribution in [3.63, 3.8) is 0 Å². The van der Waals surface area contributed by atoms with Crippen molar-refractivity contribution in [3.05, 3.63) is 83.4 Å².